The molecule has 0 bridgehead atoms. The average Bonchev–Trinajstić information content (AvgIpc) is 2.88. The molecule has 1 aliphatic rings. The number of rotatable bonds is 4. The fourth-order valence-electron chi connectivity index (χ4n) is 1.88. The van der Waals surface area contributed by atoms with E-state index in [0.717, 1.165) is 12.2 Å². The Bertz CT molecular complexity index is 429. The third kappa shape index (κ3) is 3.39. The summed E-state index contributed by atoms with van der Waals surface area (Å²) in [4.78, 5) is 20.0. The van der Waals surface area contributed by atoms with E-state index < -0.39 is 11.6 Å². The van der Waals surface area contributed by atoms with Crippen LogP contribution in [0, 0.1) is 0 Å². The van der Waals surface area contributed by atoms with Gasteiger partial charge in [-0.1, -0.05) is 6.92 Å². The Hall–Kier alpha value is -1.73. The SMILES string of the molecule is CCc1ncc(NC(=O)NC2(CO)CCOC2)cn1. The van der Waals surface area contributed by atoms with Crippen molar-refractivity contribution in [2.45, 2.75) is 25.3 Å². The van der Waals surface area contributed by atoms with Crippen molar-refractivity contribution in [1.29, 1.82) is 0 Å². The topological polar surface area (TPSA) is 96.4 Å². The van der Waals surface area contributed by atoms with Crippen LogP contribution in [0.5, 0.6) is 0 Å². The Morgan fingerprint density at radius 2 is 2.26 bits per heavy atom. The molecule has 1 fully saturated rings. The second-order valence-electron chi connectivity index (χ2n) is 4.56. The molecule has 1 atom stereocenters. The number of carbonyl (C=O) groups excluding carboxylic acids is 1. The lowest BCUT2D eigenvalue weighted by molar-refractivity contribution is 0.126. The number of hydrogen-bond acceptors (Lipinski definition) is 5. The van der Waals surface area contributed by atoms with E-state index in [1.807, 2.05) is 6.92 Å². The van der Waals surface area contributed by atoms with E-state index in [9.17, 15) is 9.90 Å². The summed E-state index contributed by atoms with van der Waals surface area (Å²) in [5.41, 5.74) is -0.171. The summed E-state index contributed by atoms with van der Waals surface area (Å²) in [5.74, 6) is 0.724. The smallest absolute Gasteiger partial charge is 0.319 e. The highest BCUT2D eigenvalue weighted by Gasteiger charge is 2.35. The number of anilines is 1. The Kier molecular flexibility index (Phi) is 4.28. The second kappa shape index (κ2) is 5.94. The lowest BCUT2D eigenvalue weighted by Crippen LogP contribution is -2.53. The van der Waals surface area contributed by atoms with Crippen molar-refractivity contribution >= 4 is 11.7 Å². The molecule has 1 aliphatic heterocycles. The first kappa shape index (κ1) is 13.7. The summed E-state index contributed by atoms with van der Waals surface area (Å²) in [7, 11) is 0. The Morgan fingerprint density at radius 1 is 1.53 bits per heavy atom. The van der Waals surface area contributed by atoms with E-state index in [0.29, 0.717) is 25.3 Å². The maximum atomic E-state index is 11.8. The molecule has 104 valence electrons. The predicted molar refractivity (Wildman–Crippen MR) is 68.8 cm³/mol. The molecule has 1 aromatic rings. The van der Waals surface area contributed by atoms with Gasteiger partial charge in [0.15, 0.2) is 0 Å². The predicted octanol–water partition coefficient (Wildman–Crippen LogP) is 0.312. The molecule has 0 aromatic carbocycles. The summed E-state index contributed by atoms with van der Waals surface area (Å²) in [5, 5.41) is 14.7. The number of nitrogens with one attached hydrogen (secondary N) is 2. The number of ether oxygens (including phenoxy) is 1. The van der Waals surface area contributed by atoms with Crippen LogP contribution in [0.4, 0.5) is 10.5 Å². The van der Waals surface area contributed by atoms with Gasteiger partial charge in [0, 0.05) is 13.0 Å². The van der Waals surface area contributed by atoms with Gasteiger partial charge in [-0.2, -0.15) is 0 Å². The van der Waals surface area contributed by atoms with Crippen molar-refractivity contribution in [2.24, 2.45) is 0 Å². The summed E-state index contributed by atoms with van der Waals surface area (Å²) in [6.07, 6.45) is 4.46. The minimum atomic E-state index is -0.686. The molecular formula is C12H18N4O3. The van der Waals surface area contributed by atoms with Gasteiger partial charge in [0.25, 0.3) is 0 Å². The molecule has 7 heteroatoms. The lowest BCUT2D eigenvalue weighted by Gasteiger charge is -2.26. The fraction of sp³-hybridized carbons (Fsp3) is 0.583. The molecule has 0 saturated carbocycles. The van der Waals surface area contributed by atoms with Gasteiger partial charge in [-0.15, -0.1) is 0 Å². The van der Waals surface area contributed by atoms with Crippen LogP contribution < -0.4 is 10.6 Å². The first-order chi connectivity index (χ1) is 9.17. The van der Waals surface area contributed by atoms with E-state index in [1.165, 1.54) is 0 Å². The van der Waals surface area contributed by atoms with Crippen LogP contribution in [0.1, 0.15) is 19.2 Å². The molecule has 0 radical (unpaired) electrons. The number of aromatic nitrogens is 2. The summed E-state index contributed by atoms with van der Waals surface area (Å²) in [6.45, 7) is 2.67. The number of aryl methyl sites for hydroxylation is 1. The van der Waals surface area contributed by atoms with Gasteiger partial charge in [-0.25, -0.2) is 14.8 Å². The maximum absolute atomic E-state index is 11.8. The highest BCUT2D eigenvalue weighted by Crippen LogP contribution is 2.18. The van der Waals surface area contributed by atoms with E-state index >= 15 is 0 Å². The van der Waals surface area contributed by atoms with Gasteiger partial charge < -0.3 is 20.5 Å². The lowest BCUT2D eigenvalue weighted by atomic mass is 10.0. The van der Waals surface area contributed by atoms with Crippen molar-refractivity contribution < 1.29 is 14.6 Å². The first-order valence-corrected chi connectivity index (χ1v) is 6.26. The molecule has 3 N–H and O–H groups in total. The van der Waals surface area contributed by atoms with Crippen molar-refractivity contribution in [3.05, 3.63) is 18.2 Å². The molecule has 19 heavy (non-hydrogen) atoms. The number of amides is 2. The number of nitrogens with zero attached hydrogens (tertiary/aromatic N) is 2. The Labute approximate surface area is 111 Å². The van der Waals surface area contributed by atoms with E-state index in [1.54, 1.807) is 12.4 Å². The van der Waals surface area contributed by atoms with Crippen LogP contribution in [0.25, 0.3) is 0 Å². The standard InChI is InChI=1S/C12H18N4O3/c1-2-10-13-5-9(6-14-10)15-11(18)16-12(7-17)3-4-19-8-12/h5-6,17H,2-4,7-8H2,1H3,(H2,15,16,18). The molecule has 1 saturated heterocycles. The van der Waals surface area contributed by atoms with Crippen molar-refractivity contribution in [1.82, 2.24) is 15.3 Å². The van der Waals surface area contributed by atoms with Crippen molar-refractivity contribution in [2.75, 3.05) is 25.1 Å². The average molecular weight is 266 g/mol. The molecule has 2 heterocycles. The highest BCUT2D eigenvalue weighted by molar-refractivity contribution is 5.89. The van der Waals surface area contributed by atoms with Crippen molar-refractivity contribution in [3.8, 4) is 0 Å². The molecule has 2 rings (SSSR count). The van der Waals surface area contributed by atoms with E-state index in [2.05, 4.69) is 20.6 Å². The van der Waals surface area contributed by atoms with Gasteiger partial charge >= 0.3 is 6.03 Å². The molecule has 1 unspecified atom stereocenters. The first-order valence-electron chi connectivity index (χ1n) is 6.26. The monoisotopic (exact) mass is 266 g/mol. The van der Waals surface area contributed by atoms with Gasteiger partial charge in [0.05, 0.1) is 36.8 Å². The van der Waals surface area contributed by atoms with E-state index in [4.69, 9.17) is 4.74 Å². The largest absolute Gasteiger partial charge is 0.394 e. The fourth-order valence-corrected chi connectivity index (χ4v) is 1.88. The zero-order valence-corrected chi connectivity index (χ0v) is 10.8. The number of aliphatic hydroxyl groups excluding tert-OH is 1. The van der Waals surface area contributed by atoms with Crippen LogP contribution in [0.15, 0.2) is 12.4 Å². The number of urea groups is 1. The van der Waals surface area contributed by atoms with Gasteiger partial charge in [-0.3, -0.25) is 0 Å². The van der Waals surface area contributed by atoms with Crippen LogP contribution >= 0.6 is 0 Å². The number of carbonyl (C=O) groups is 1. The molecule has 0 spiro atoms. The highest BCUT2D eigenvalue weighted by atomic mass is 16.5. The zero-order valence-electron chi connectivity index (χ0n) is 10.8. The van der Waals surface area contributed by atoms with Gasteiger partial charge in [0.1, 0.15) is 5.82 Å². The zero-order chi connectivity index (χ0) is 13.7. The van der Waals surface area contributed by atoms with Crippen LogP contribution in [-0.4, -0.2) is 46.5 Å². The maximum Gasteiger partial charge on any atom is 0.319 e. The third-order valence-electron chi connectivity index (χ3n) is 3.06. The van der Waals surface area contributed by atoms with Crippen LogP contribution in [0.3, 0.4) is 0 Å². The Balaban J connectivity index is 1.93. The quantitative estimate of drug-likeness (QED) is 0.729. The number of aliphatic hydroxyl groups is 1. The number of hydrogen-bond donors (Lipinski definition) is 3. The normalized spacial score (nSPS) is 22.2. The summed E-state index contributed by atoms with van der Waals surface area (Å²) in [6, 6.07) is -0.396. The molecule has 2 amide bonds. The minimum Gasteiger partial charge on any atom is -0.394 e. The van der Waals surface area contributed by atoms with Crippen LogP contribution in [-0.2, 0) is 11.2 Å². The van der Waals surface area contributed by atoms with Crippen molar-refractivity contribution in [3.63, 3.8) is 0 Å². The second-order valence-corrected chi connectivity index (χ2v) is 4.56. The summed E-state index contributed by atoms with van der Waals surface area (Å²) >= 11 is 0. The van der Waals surface area contributed by atoms with Gasteiger partial charge in [-0.05, 0) is 6.42 Å². The molecule has 7 nitrogen and oxygen atoms in total. The Morgan fingerprint density at radius 3 is 2.79 bits per heavy atom. The molecule has 0 aliphatic carbocycles. The van der Waals surface area contributed by atoms with Gasteiger partial charge in [0.2, 0.25) is 0 Å². The summed E-state index contributed by atoms with van der Waals surface area (Å²) < 4.78 is 5.21. The van der Waals surface area contributed by atoms with Crippen LogP contribution in [0.2, 0.25) is 0 Å². The van der Waals surface area contributed by atoms with E-state index in [-0.39, 0.29) is 6.61 Å². The molecule has 1 aromatic heterocycles. The minimum absolute atomic E-state index is 0.147. The third-order valence-corrected chi connectivity index (χ3v) is 3.06. The molecular weight excluding hydrogens is 248 g/mol.